The van der Waals surface area contributed by atoms with E-state index in [1.165, 1.54) is 0 Å². The van der Waals surface area contributed by atoms with Crippen molar-refractivity contribution < 1.29 is 4.74 Å². The molecule has 0 saturated heterocycles. The number of hydrogen-bond donors (Lipinski definition) is 1. The Morgan fingerprint density at radius 3 is 2.71 bits per heavy atom. The monoisotopic (exact) mass is 194 g/mol. The lowest BCUT2D eigenvalue weighted by atomic mass is 10.1. The summed E-state index contributed by atoms with van der Waals surface area (Å²) in [6.45, 7) is 6.68. The number of nitrogens with two attached hydrogens (primary N) is 1. The number of nitrogens with zero attached hydrogens (tertiary/aromatic N) is 1. The SMILES string of the molecule is CC(C)Oc1ccnc(C(C)CN)c1. The lowest BCUT2D eigenvalue weighted by Crippen LogP contribution is -2.11. The normalized spacial score (nSPS) is 12.9. The first-order valence-electron chi connectivity index (χ1n) is 4.96. The second kappa shape index (κ2) is 4.96. The molecular formula is C11H18N2O. The van der Waals surface area contributed by atoms with Gasteiger partial charge in [-0.15, -0.1) is 0 Å². The molecule has 0 radical (unpaired) electrons. The molecule has 1 unspecified atom stereocenters. The molecular weight excluding hydrogens is 176 g/mol. The highest BCUT2D eigenvalue weighted by Gasteiger charge is 2.06. The van der Waals surface area contributed by atoms with Crippen molar-refractivity contribution in [1.82, 2.24) is 4.98 Å². The van der Waals surface area contributed by atoms with Crippen molar-refractivity contribution in [2.24, 2.45) is 5.73 Å². The predicted molar refractivity (Wildman–Crippen MR) is 57.5 cm³/mol. The summed E-state index contributed by atoms with van der Waals surface area (Å²) in [4.78, 5) is 4.26. The molecule has 14 heavy (non-hydrogen) atoms. The number of pyridine rings is 1. The molecule has 2 N–H and O–H groups in total. The van der Waals surface area contributed by atoms with E-state index in [-0.39, 0.29) is 12.0 Å². The van der Waals surface area contributed by atoms with Crippen molar-refractivity contribution >= 4 is 0 Å². The number of aromatic nitrogens is 1. The van der Waals surface area contributed by atoms with Gasteiger partial charge in [-0.3, -0.25) is 4.98 Å². The van der Waals surface area contributed by atoms with Crippen molar-refractivity contribution in [2.75, 3.05) is 6.54 Å². The van der Waals surface area contributed by atoms with Crippen LogP contribution in [0, 0.1) is 0 Å². The van der Waals surface area contributed by atoms with Crippen LogP contribution < -0.4 is 10.5 Å². The Morgan fingerprint density at radius 2 is 2.14 bits per heavy atom. The smallest absolute Gasteiger partial charge is 0.123 e. The van der Waals surface area contributed by atoms with E-state index in [1.807, 2.05) is 26.0 Å². The molecule has 1 heterocycles. The number of rotatable bonds is 4. The lowest BCUT2D eigenvalue weighted by molar-refractivity contribution is 0.242. The van der Waals surface area contributed by atoms with Gasteiger partial charge in [-0.1, -0.05) is 6.92 Å². The highest BCUT2D eigenvalue weighted by Crippen LogP contribution is 2.18. The maximum absolute atomic E-state index is 5.57. The van der Waals surface area contributed by atoms with Crippen LogP contribution in [-0.2, 0) is 0 Å². The molecule has 3 nitrogen and oxygen atoms in total. The van der Waals surface area contributed by atoms with Crippen molar-refractivity contribution in [3.63, 3.8) is 0 Å². The third-order valence-corrected chi connectivity index (χ3v) is 1.98. The van der Waals surface area contributed by atoms with Crippen LogP contribution in [0.3, 0.4) is 0 Å². The van der Waals surface area contributed by atoms with E-state index in [4.69, 9.17) is 10.5 Å². The number of ether oxygens (including phenoxy) is 1. The minimum Gasteiger partial charge on any atom is -0.491 e. The second-order valence-electron chi connectivity index (χ2n) is 3.72. The summed E-state index contributed by atoms with van der Waals surface area (Å²) in [5.74, 6) is 1.15. The molecule has 0 aliphatic carbocycles. The minimum absolute atomic E-state index is 0.193. The third kappa shape index (κ3) is 3.00. The Hall–Kier alpha value is -1.09. The summed E-state index contributed by atoms with van der Waals surface area (Å²) < 4.78 is 5.57. The molecule has 1 aromatic heterocycles. The fraction of sp³-hybridized carbons (Fsp3) is 0.545. The first-order valence-corrected chi connectivity index (χ1v) is 4.96. The zero-order valence-corrected chi connectivity index (χ0v) is 9.03. The van der Waals surface area contributed by atoms with Crippen molar-refractivity contribution in [3.8, 4) is 5.75 Å². The zero-order chi connectivity index (χ0) is 10.6. The molecule has 1 rings (SSSR count). The first-order chi connectivity index (χ1) is 6.63. The van der Waals surface area contributed by atoms with E-state index in [9.17, 15) is 0 Å². The van der Waals surface area contributed by atoms with Gasteiger partial charge in [0, 0.05) is 30.4 Å². The Morgan fingerprint density at radius 1 is 1.43 bits per heavy atom. The average molecular weight is 194 g/mol. The molecule has 3 heteroatoms. The van der Waals surface area contributed by atoms with E-state index in [0.29, 0.717) is 6.54 Å². The minimum atomic E-state index is 0.193. The third-order valence-electron chi connectivity index (χ3n) is 1.98. The largest absolute Gasteiger partial charge is 0.491 e. The summed E-state index contributed by atoms with van der Waals surface area (Å²) in [7, 11) is 0. The van der Waals surface area contributed by atoms with Crippen LogP contribution in [0.4, 0.5) is 0 Å². The van der Waals surface area contributed by atoms with Gasteiger partial charge in [-0.2, -0.15) is 0 Å². The maximum atomic E-state index is 5.57. The van der Waals surface area contributed by atoms with Gasteiger partial charge in [0.1, 0.15) is 5.75 Å². The lowest BCUT2D eigenvalue weighted by Gasteiger charge is -2.12. The topological polar surface area (TPSA) is 48.1 Å². The van der Waals surface area contributed by atoms with Gasteiger partial charge in [0.25, 0.3) is 0 Å². The molecule has 1 aromatic rings. The summed E-state index contributed by atoms with van der Waals surface area (Å²) in [5.41, 5.74) is 6.57. The van der Waals surface area contributed by atoms with E-state index in [1.54, 1.807) is 6.20 Å². The van der Waals surface area contributed by atoms with Gasteiger partial charge >= 0.3 is 0 Å². The van der Waals surface area contributed by atoms with Crippen LogP contribution in [-0.4, -0.2) is 17.6 Å². The second-order valence-corrected chi connectivity index (χ2v) is 3.72. The van der Waals surface area contributed by atoms with E-state index in [2.05, 4.69) is 11.9 Å². The van der Waals surface area contributed by atoms with E-state index in [0.717, 1.165) is 11.4 Å². The van der Waals surface area contributed by atoms with Crippen molar-refractivity contribution in [2.45, 2.75) is 32.8 Å². The summed E-state index contributed by atoms with van der Waals surface area (Å²) in [6, 6.07) is 3.82. The Labute approximate surface area is 85.3 Å². The van der Waals surface area contributed by atoms with Crippen LogP contribution in [0.1, 0.15) is 32.4 Å². The molecule has 0 spiro atoms. The highest BCUT2D eigenvalue weighted by molar-refractivity contribution is 5.24. The Kier molecular flexibility index (Phi) is 3.89. The van der Waals surface area contributed by atoms with Gasteiger partial charge in [0.15, 0.2) is 0 Å². The maximum Gasteiger partial charge on any atom is 0.123 e. The van der Waals surface area contributed by atoms with Crippen LogP contribution in [0.25, 0.3) is 0 Å². The molecule has 0 amide bonds. The van der Waals surface area contributed by atoms with E-state index >= 15 is 0 Å². The molecule has 0 aliphatic rings. The fourth-order valence-electron chi connectivity index (χ4n) is 1.16. The Balaban J connectivity index is 2.78. The van der Waals surface area contributed by atoms with Crippen LogP contribution in [0.2, 0.25) is 0 Å². The van der Waals surface area contributed by atoms with Crippen LogP contribution in [0.15, 0.2) is 18.3 Å². The highest BCUT2D eigenvalue weighted by atomic mass is 16.5. The van der Waals surface area contributed by atoms with Gasteiger partial charge < -0.3 is 10.5 Å². The van der Waals surface area contributed by atoms with Gasteiger partial charge in [-0.05, 0) is 19.9 Å². The standard InChI is InChI=1S/C11H18N2O/c1-8(2)14-10-4-5-13-11(6-10)9(3)7-12/h4-6,8-9H,7,12H2,1-3H3. The summed E-state index contributed by atoms with van der Waals surface area (Å²) in [6.07, 6.45) is 1.96. The fourth-order valence-corrected chi connectivity index (χ4v) is 1.16. The van der Waals surface area contributed by atoms with Crippen LogP contribution >= 0.6 is 0 Å². The number of hydrogen-bond acceptors (Lipinski definition) is 3. The van der Waals surface area contributed by atoms with Crippen molar-refractivity contribution in [1.29, 1.82) is 0 Å². The summed E-state index contributed by atoms with van der Waals surface area (Å²) in [5, 5.41) is 0. The quantitative estimate of drug-likeness (QED) is 0.796. The van der Waals surface area contributed by atoms with Crippen molar-refractivity contribution in [3.05, 3.63) is 24.0 Å². The van der Waals surface area contributed by atoms with Crippen LogP contribution in [0.5, 0.6) is 5.75 Å². The van der Waals surface area contributed by atoms with E-state index < -0.39 is 0 Å². The molecule has 0 aliphatic heterocycles. The molecule has 78 valence electrons. The van der Waals surface area contributed by atoms with Gasteiger partial charge in [-0.25, -0.2) is 0 Å². The van der Waals surface area contributed by atoms with Gasteiger partial charge in [0.2, 0.25) is 0 Å². The predicted octanol–water partition coefficient (Wildman–Crippen LogP) is 1.93. The zero-order valence-electron chi connectivity index (χ0n) is 9.03. The average Bonchev–Trinajstić information content (AvgIpc) is 2.16. The molecule has 0 bridgehead atoms. The molecule has 0 aromatic carbocycles. The summed E-state index contributed by atoms with van der Waals surface area (Å²) >= 11 is 0. The Bertz CT molecular complexity index is 286. The van der Waals surface area contributed by atoms with Gasteiger partial charge in [0.05, 0.1) is 6.10 Å². The molecule has 0 fully saturated rings. The molecule has 1 atom stereocenters. The molecule has 0 saturated carbocycles. The first kappa shape index (κ1) is 11.0.